The topological polar surface area (TPSA) is 91.0 Å². The maximum absolute atomic E-state index is 12.3. The van der Waals surface area contributed by atoms with E-state index in [9.17, 15) is 9.59 Å². The molecule has 1 aromatic carbocycles. The van der Waals surface area contributed by atoms with Crippen LogP contribution in [0.15, 0.2) is 24.5 Å². The predicted molar refractivity (Wildman–Crippen MR) is 83.9 cm³/mol. The first kappa shape index (κ1) is 13.9. The summed E-state index contributed by atoms with van der Waals surface area (Å²) in [4.78, 5) is 30.1. The molecule has 0 radical (unpaired) electrons. The summed E-state index contributed by atoms with van der Waals surface area (Å²) in [5, 5.41) is 8.92. The Hall–Kier alpha value is -2.70. The number of carbonyl (C=O) groups is 2. The molecule has 4 rings (SSSR count). The van der Waals surface area contributed by atoms with Crippen LogP contribution in [0.3, 0.4) is 0 Å². The van der Waals surface area contributed by atoms with Crippen LogP contribution < -0.4 is 10.2 Å². The van der Waals surface area contributed by atoms with Crippen molar-refractivity contribution >= 4 is 23.5 Å². The van der Waals surface area contributed by atoms with Crippen LogP contribution in [0.5, 0.6) is 0 Å². The van der Waals surface area contributed by atoms with Gasteiger partial charge in [-0.1, -0.05) is 6.07 Å². The van der Waals surface area contributed by atoms with Gasteiger partial charge in [0.05, 0.1) is 5.92 Å². The lowest BCUT2D eigenvalue weighted by atomic mass is 10.1. The molecule has 1 atom stereocenters. The highest BCUT2D eigenvalue weighted by Gasteiger charge is 2.35. The SMILES string of the molecule is O=C(Nc1ncn[nH]1)[C@@H]1CC(=O)N(c2ccc3c(c2)CCC3)C1. The Labute approximate surface area is 133 Å². The summed E-state index contributed by atoms with van der Waals surface area (Å²) >= 11 is 0. The van der Waals surface area contributed by atoms with E-state index in [0.29, 0.717) is 12.5 Å². The summed E-state index contributed by atoms with van der Waals surface area (Å²) in [7, 11) is 0. The second-order valence-electron chi connectivity index (χ2n) is 6.04. The molecule has 2 heterocycles. The summed E-state index contributed by atoms with van der Waals surface area (Å²) in [6, 6.07) is 6.18. The molecule has 2 aliphatic rings. The van der Waals surface area contributed by atoms with Gasteiger partial charge in [0.2, 0.25) is 17.8 Å². The van der Waals surface area contributed by atoms with Crippen LogP contribution in [0, 0.1) is 5.92 Å². The van der Waals surface area contributed by atoms with E-state index in [2.05, 4.69) is 32.6 Å². The van der Waals surface area contributed by atoms with Crippen LogP contribution in [-0.2, 0) is 22.4 Å². The molecular formula is C16H17N5O2. The lowest BCUT2D eigenvalue weighted by Crippen LogP contribution is -2.28. The second-order valence-corrected chi connectivity index (χ2v) is 6.04. The van der Waals surface area contributed by atoms with Crippen molar-refractivity contribution in [3.05, 3.63) is 35.7 Å². The van der Waals surface area contributed by atoms with Gasteiger partial charge in [0.1, 0.15) is 6.33 Å². The fraction of sp³-hybridized carbons (Fsp3) is 0.375. The predicted octanol–water partition coefficient (Wildman–Crippen LogP) is 1.28. The number of nitrogens with one attached hydrogen (secondary N) is 2. The van der Waals surface area contributed by atoms with Crippen LogP contribution in [0.1, 0.15) is 24.0 Å². The van der Waals surface area contributed by atoms with Gasteiger partial charge in [-0.25, -0.2) is 5.10 Å². The molecule has 1 saturated heterocycles. The molecular weight excluding hydrogens is 294 g/mol. The van der Waals surface area contributed by atoms with Crippen molar-refractivity contribution in [3.63, 3.8) is 0 Å². The minimum absolute atomic E-state index is 0.0133. The monoisotopic (exact) mass is 311 g/mol. The van der Waals surface area contributed by atoms with E-state index in [1.807, 2.05) is 6.07 Å². The van der Waals surface area contributed by atoms with Gasteiger partial charge in [0, 0.05) is 18.7 Å². The molecule has 1 aliphatic carbocycles. The maximum Gasteiger partial charge on any atom is 0.232 e. The van der Waals surface area contributed by atoms with Crippen molar-refractivity contribution in [1.29, 1.82) is 0 Å². The number of hydrogen-bond donors (Lipinski definition) is 2. The molecule has 0 saturated carbocycles. The highest BCUT2D eigenvalue weighted by atomic mass is 16.2. The van der Waals surface area contributed by atoms with Crippen LogP contribution in [-0.4, -0.2) is 33.5 Å². The summed E-state index contributed by atoms with van der Waals surface area (Å²) in [5.74, 6) is -0.293. The fourth-order valence-corrected chi connectivity index (χ4v) is 3.34. The number of aromatic nitrogens is 3. The van der Waals surface area contributed by atoms with Gasteiger partial charge in [-0.15, -0.1) is 0 Å². The molecule has 0 unspecified atom stereocenters. The van der Waals surface area contributed by atoms with Gasteiger partial charge in [-0.05, 0) is 42.5 Å². The van der Waals surface area contributed by atoms with Gasteiger partial charge in [0.25, 0.3) is 0 Å². The van der Waals surface area contributed by atoms with Gasteiger partial charge < -0.3 is 4.90 Å². The molecule has 2 N–H and O–H groups in total. The summed E-state index contributed by atoms with van der Waals surface area (Å²) in [6.07, 6.45) is 4.91. The zero-order valence-electron chi connectivity index (χ0n) is 12.6. The number of aromatic amines is 1. The number of aryl methyl sites for hydroxylation is 2. The lowest BCUT2D eigenvalue weighted by molar-refractivity contribution is -0.122. The summed E-state index contributed by atoms with van der Waals surface area (Å²) < 4.78 is 0. The van der Waals surface area contributed by atoms with Gasteiger partial charge in [-0.2, -0.15) is 10.1 Å². The molecule has 7 heteroatoms. The van der Waals surface area contributed by atoms with Crippen molar-refractivity contribution in [1.82, 2.24) is 15.2 Å². The molecule has 2 amide bonds. The van der Waals surface area contributed by atoms with Crippen LogP contribution >= 0.6 is 0 Å². The summed E-state index contributed by atoms with van der Waals surface area (Å²) in [5.41, 5.74) is 3.59. The Morgan fingerprint density at radius 2 is 2.17 bits per heavy atom. The number of anilines is 2. The molecule has 1 aromatic heterocycles. The largest absolute Gasteiger partial charge is 0.312 e. The number of hydrogen-bond acceptors (Lipinski definition) is 4. The summed E-state index contributed by atoms with van der Waals surface area (Å²) in [6.45, 7) is 0.400. The van der Waals surface area contributed by atoms with Crippen molar-refractivity contribution in [2.75, 3.05) is 16.8 Å². The Balaban J connectivity index is 1.49. The average Bonchev–Trinajstić information content (AvgIpc) is 3.26. The minimum Gasteiger partial charge on any atom is -0.312 e. The van der Waals surface area contributed by atoms with E-state index >= 15 is 0 Å². The third kappa shape index (κ3) is 2.58. The third-order valence-corrected chi connectivity index (χ3v) is 4.55. The third-order valence-electron chi connectivity index (χ3n) is 4.55. The quantitative estimate of drug-likeness (QED) is 0.893. The van der Waals surface area contributed by atoms with E-state index in [0.717, 1.165) is 18.5 Å². The lowest BCUT2D eigenvalue weighted by Gasteiger charge is -2.17. The molecule has 118 valence electrons. The van der Waals surface area contributed by atoms with Gasteiger partial charge in [-0.3, -0.25) is 14.9 Å². The first-order valence-corrected chi connectivity index (χ1v) is 7.79. The van der Waals surface area contributed by atoms with E-state index in [4.69, 9.17) is 0 Å². The van der Waals surface area contributed by atoms with Crippen molar-refractivity contribution in [2.24, 2.45) is 5.92 Å². The van der Waals surface area contributed by atoms with Crippen LogP contribution in [0.2, 0.25) is 0 Å². The minimum atomic E-state index is -0.374. The van der Waals surface area contributed by atoms with Crippen LogP contribution in [0.4, 0.5) is 11.6 Å². The maximum atomic E-state index is 12.3. The Morgan fingerprint density at radius 3 is 3.00 bits per heavy atom. The van der Waals surface area contributed by atoms with Gasteiger partial charge >= 0.3 is 0 Å². The van der Waals surface area contributed by atoms with Crippen molar-refractivity contribution in [3.8, 4) is 0 Å². The molecule has 7 nitrogen and oxygen atoms in total. The van der Waals surface area contributed by atoms with Crippen molar-refractivity contribution < 1.29 is 9.59 Å². The smallest absolute Gasteiger partial charge is 0.232 e. The highest BCUT2D eigenvalue weighted by Crippen LogP contribution is 2.30. The number of fused-ring (bicyclic) bond motifs is 1. The highest BCUT2D eigenvalue weighted by molar-refractivity contribution is 6.03. The molecule has 23 heavy (non-hydrogen) atoms. The Morgan fingerprint density at radius 1 is 1.30 bits per heavy atom. The van der Waals surface area contributed by atoms with E-state index in [1.165, 1.54) is 23.9 Å². The first-order chi connectivity index (χ1) is 11.2. The Kier molecular flexibility index (Phi) is 3.33. The number of H-pyrrole nitrogens is 1. The fourth-order valence-electron chi connectivity index (χ4n) is 3.34. The molecule has 2 aromatic rings. The number of benzene rings is 1. The molecule has 1 aliphatic heterocycles. The number of nitrogens with zero attached hydrogens (tertiary/aromatic N) is 3. The first-order valence-electron chi connectivity index (χ1n) is 7.79. The molecule has 1 fully saturated rings. The zero-order valence-corrected chi connectivity index (χ0v) is 12.6. The van der Waals surface area contributed by atoms with Crippen molar-refractivity contribution in [2.45, 2.75) is 25.7 Å². The van der Waals surface area contributed by atoms with Crippen LogP contribution in [0.25, 0.3) is 0 Å². The van der Waals surface area contributed by atoms with E-state index < -0.39 is 0 Å². The molecule has 0 bridgehead atoms. The molecule has 0 spiro atoms. The Bertz CT molecular complexity index is 756. The number of rotatable bonds is 3. The average molecular weight is 311 g/mol. The van der Waals surface area contributed by atoms with Gasteiger partial charge in [0.15, 0.2) is 0 Å². The second kappa shape index (κ2) is 5.49. The standard InChI is InChI=1S/C16H17N5O2/c22-14-7-12(15(23)19-16-17-9-18-20-16)8-21(14)13-5-4-10-2-1-3-11(10)6-13/h4-6,9,12H,1-3,7-8H2,(H2,17,18,19,20,23)/t12-/m1/s1. The van der Waals surface area contributed by atoms with E-state index in [1.54, 1.807) is 4.90 Å². The number of amides is 2. The zero-order chi connectivity index (χ0) is 15.8. The number of carbonyl (C=O) groups excluding carboxylic acids is 2. The van der Waals surface area contributed by atoms with E-state index in [-0.39, 0.29) is 24.2 Å². The normalized spacial score (nSPS) is 19.9.